The van der Waals surface area contributed by atoms with Crippen LogP contribution in [0.4, 0.5) is 20.8 Å². The molecule has 8 heteroatoms. The molecule has 0 spiro atoms. The van der Waals surface area contributed by atoms with E-state index in [2.05, 4.69) is 17.1 Å². The molecule has 0 bridgehead atoms. The van der Waals surface area contributed by atoms with E-state index in [0.29, 0.717) is 36.3 Å². The number of nitrogens with zero attached hydrogens (tertiary/aromatic N) is 4. The zero-order valence-electron chi connectivity index (χ0n) is 20.1. The lowest BCUT2D eigenvalue weighted by atomic mass is 9.99. The number of hydrogen-bond donors (Lipinski definition) is 1. The molecule has 3 heterocycles. The van der Waals surface area contributed by atoms with Crippen LogP contribution < -0.4 is 15.0 Å². The topological polar surface area (TPSA) is 70.6 Å². The van der Waals surface area contributed by atoms with Gasteiger partial charge in [0, 0.05) is 31.7 Å². The average Bonchev–Trinajstić information content (AvgIpc) is 2.87. The molecule has 0 atom stereocenters. The molecule has 2 aliphatic rings. The maximum atomic E-state index is 14.4. The molecule has 0 radical (unpaired) electrons. The molecule has 0 aliphatic carbocycles. The summed E-state index contributed by atoms with van der Waals surface area (Å²) >= 11 is 0. The van der Waals surface area contributed by atoms with Crippen molar-refractivity contribution in [3.8, 4) is 11.6 Å². The standard InChI is InChI=1S/C27H30FN5O2/c1-18-7-9-20(10-8-18)29-27(34)33-16-13-23-21(17-33)25(35-24-6-4-3-5-22(24)28)31-26(30-23)32-14-11-19(2)12-15-32/h3-10,19H,11-17H2,1-2H3,(H,29,34). The van der Waals surface area contributed by atoms with Crippen LogP contribution in [0.3, 0.4) is 0 Å². The second-order valence-corrected chi connectivity index (χ2v) is 9.42. The van der Waals surface area contributed by atoms with Crippen LogP contribution >= 0.6 is 0 Å². The minimum atomic E-state index is -0.460. The van der Waals surface area contributed by atoms with Crippen molar-refractivity contribution in [1.29, 1.82) is 0 Å². The van der Waals surface area contributed by atoms with Crippen molar-refractivity contribution < 1.29 is 13.9 Å². The number of hydrogen-bond acceptors (Lipinski definition) is 5. The van der Waals surface area contributed by atoms with Crippen LogP contribution in [0.1, 0.15) is 36.6 Å². The number of halogens is 1. The van der Waals surface area contributed by atoms with Crippen LogP contribution in [0, 0.1) is 18.7 Å². The van der Waals surface area contributed by atoms with Crippen molar-refractivity contribution in [2.45, 2.75) is 39.7 Å². The van der Waals surface area contributed by atoms with E-state index in [1.54, 1.807) is 23.1 Å². The number of rotatable bonds is 4. The highest BCUT2D eigenvalue weighted by molar-refractivity contribution is 5.89. The van der Waals surface area contributed by atoms with Gasteiger partial charge in [-0.25, -0.2) is 14.2 Å². The van der Waals surface area contributed by atoms with Crippen LogP contribution in [0.2, 0.25) is 0 Å². The average molecular weight is 476 g/mol. The van der Waals surface area contributed by atoms with Gasteiger partial charge in [-0.1, -0.05) is 36.8 Å². The fraction of sp³-hybridized carbons (Fsp3) is 0.370. The molecule has 1 aromatic heterocycles. The van der Waals surface area contributed by atoms with Crippen molar-refractivity contribution in [2.24, 2.45) is 5.92 Å². The van der Waals surface area contributed by atoms with Crippen LogP contribution in [0.5, 0.6) is 11.6 Å². The van der Waals surface area contributed by atoms with Crippen LogP contribution in [0.25, 0.3) is 0 Å². The molecule has 35 heavy (non-hydrogen) atoms. The largest absolute Gasteiger partial charge is 0.435 e. The smallest absolute Gasteiger partial charge is 0.322 e. The number of anilines is 2. The number of nitrogens with one attached hydrogen (secondary N) is 1. The van der Waals surface area contributed by atoms with Crippen molar-refractivity contribution in [2.75, 3.05) is 29.9 Å². The molecule has 2 aliphatic heterocycles. The second-order valence-electron chi connectivity index (χ2n) is 9.42. The molecule has 5 rings (SSSR count). The number of urea groups is 1. The summed E-state index contributed by atoms with van der Waals surface area (Å²) in [7, 11) is 0. The van der Waals surface area contributed by atoms with Gasteiger partial charge < -0.3 is 19.9 Å². The maximum Gasteiger partial charge on any atom is 0.322 e. The van der Waals surface area contributed by atoms with E-state index in [1.165, 1.54) is 6.07 Å². The maximum absolute atomic E-state index is 14.4. The lowest BCUT2D eigenvalue weighted by molar-refractivity contribution is 0.205. The molecule has 182 valence electrons. The lowest BCUT2D eigenvalue weighted by Gasteiger charge is -2.33. The van der Waals surface area contributed by atoms with Crippen LogP contribution in [-0.4, -0.2) is 40.5 Å². The van der Waals surface area contributed by atoms with Crippen molar-refractivity contribution >= 4 is 17.7 Å². The van der Waals surface area contributed by atoms with Crippen LogP contribution in [0.15, 0.2) is 48.5 Å². The van der Waals surface area contributed by atoms with Crippen molar-refractivity contribution in [3.05, 3.63) is 71.2 Å². The minimum Gasteiger partial charge on any atom is -0.435 e. The first-order valence-corrected chi connectivity index (χ1v) is 12.2. The number of carbonyl (C=O) groups excluding carboxylic acids is 1. The molecular formula is C27H30FN5O2. The molecule has 2 amide bonds. The Balaban J connectivity index is 1.43. The predicted octanol–water partition coefficient (Wildman–Crippen LogP) is 5.54. The van der Waals surface area contributed by atoms with Gasteiger partial charge in [-0.15, -0.1) is 0 Å². The number of aryl methyl sites for hydroxylation is 1. The number of aromatic nitrogens is 2. The lowest BCUT2D eigenvalue weighted by Crippen LogP contribution is -2.40. The van der Waals surface area contributed by atoms with E-state index in [1.807, 2.05) is 31.2 Å². The van der Waals surface area contributed by atoms with E-state index in [9.17, 15) is 9.18 Å². The summed E-state index contributed by atoms with van der Waals surface area (Å²) in [5.74, 6) is 1.24. The Morgan fingerprint density at radius 3 is 2.54 bits per heavy atom. The number of piperidine rings is 1. The third kappa shape index (κ3) is 5.21. The first-order valence-electron chi connectivity index (χ1n) is 12.2. The highest BCUT2D eigenvalue weighted by Gasteiger charge is 2.29. The Hall–Kier alpha value is -3.68. The van der Waals surface area contributed by atoms with Crippen molar-refractivity contribution in [3.63, 3.8) is 0 Å². The molecule has 1 N–H and O–H groups in total. The highest BCUT2D eigenvalue weighted by Crippen LogP contribution is 2.33. The fourth-order valence-corrected chi connectivity index (χ4v) is 4.45. The molecular weight excluding hydrogens is 445 g/mol. The first-order chi connectivity index (χ1) is 17.0. The molecule has 7 nitrogen and oxygen atoms in total. The molecule has 0 unspecified atom stereocenters. The van der Waals surface area contributed by atoms with E-state index in [0.717, 1.165) is 42.9 Å². The van der Waals surface area contributed by atoms with Crippen molar-refractivity contribution in [1.82, 2.24) is 14.9 Å². The Morgan fingerprint density at radius 2 is 1.80 bits per heavy atom. The summed E-state index contributed by atoms with van der Waals surface area (Å²) in [6, 6.07) is 13.8. The number of fused-ring (bicyclic) bond motifs is 1. The zero-order chi connectivity index (χ0) is 24.4. The third-order valence-corrected chi connectivity index (χ3v) is 6.71. The quantitative estimate of drug-likeness (QED) is 0.536. The zero-order valence-corrected chi connectivity index (χ0v) is 20.1. The number of para-hydroxylation sites is 1. The molecule has 1 fully saturated rings. The summed E-state index contributed by atoms with van der Waals surface area (Å²) in [6.45, 7) is 6.83. The summed E-state index contributed by atoms with van der Waals surface area (Å²) in [5.41, 5.74) is 3.42. The minimum absolute atomic E-state index is 0.104. The van der Waals surface area contributed by atoms with Gasteiger partial charge >= 0.3 is 6.03 Å². The number of carbonyl (C=O) groups is 1. The van der Waals surface area contributed by atoms with E-state index in [-0.39, 0.29) is 18.3 Å². The fourth-order valence-electron chi connectivity index (χ4n) is 4.45. The third-order valence-electron chi connectivity index (χ3n) is 6.71. The SMILES string of the molecule is Cc1ccc(NC(=O)N2CCc3nc(N4CCC(C)CC4)nc(Oc4ccccc4F)c3C2)cc1. The predicted molar refractivity (Wildman–Crippen MR) is 133 cm³/mol. The molecule has 0 saturated carbocycles. The number of benzene rings is 2. The Labute approximate surface area is 204 Å². The second kappa shape index (κ2) is 9.90. The Kier molecular flexibility index (Phi) is 6.53. The highest BCUT2D eigenvalue weighted by atomic mass is 19.1. The molecule has 3 aromatic rings. The Bertz CT molecular complexity index is 1210. The normalized spacial score (nSPS) is 16.1. The van der Waals surface area contributed by atoms with E-state index in [4.69, 9.17) is 14.7 Å². The Morgan fingerprint density at radius 1 is 1.06 bits per heavy atom. The van der Waals surface area contributed by atoms with Gasteiger partial charge in [0.05, 0.1) is 17.8 Å². The van der Waals surface area contributed by atoms with Gasteiger partial charge in [-0.2, -0.15) is 4.98 Å². The van der Waals surface area contributed by atoms with Gasteiger partial charge in [0.25, 0.3) is 0 Å². The summed E-state index contributed by atoms with van der Waals surface area (Å²) in [4.78, 5) is 26.5. The monoisotopic (exact) mass is 475 g/mol. The van der Waals surface area contributed by atoms with E-state index < -0.39 is 5.82 Å². The van der Waals surface area contributed by atoms with Gasteiger partial charge in [-0.3, -0.25) is 0 Å². The van der Waals surface area contributed by atoms with Gasteiger partial charge in [0.15, 0.2) is 11.6 Å². The van der Waals surface area contributed by atoms with Gasteiger partial charge in [0.2, 0.25) is 11.8 Å². The summed E-state index contributed by atoms with van der Waals surface area (Å²) < 4.78 is 20.4. The first kappa shape index (κ1) is 23.1. The van der Waals surface area contributed by atoms with E-state index >= 15 is 0 Å². The molecule has 1 saturated heterocycles. The van der Waals surface area contributed by atoms with Gasteiger partial charge in [0.1, 0.15) is 0 Å². The van der Waals surface area contributed by atoms with Crippen LogP contribution in [-0.2, 0) is 13.0 Å². The number of ether oxygens (including phenoxy) is 1. The summed E-state index contributed by atoms with van der Waals surface area (Å²) in [5, 5.41) is 2.95. The number of amides is 2. The summed E-state index contributed by atoms with van der Waals surface area (Å²) in [6.07, 6.45) is 2.73. The van der Waals surface area contributed by atoms with Gasteiger partial charge in [-0.05, 0) is 49.9 Å². The molecule has 2 aromatic carbocycles.